The molecule has 2 aromatic rings. The number of aromatic nitrogens is 4. The number of amides is 1. The number of hydrogen-bond donors (Lipinski definition) is 2. The lowest BCUT2D eigenvalue weighted by Crippen LogP contribution is -2.51. The van der Waals surface area contributed by atoms with Gasteiger partial charge in [-0.1, -0.05) is 0 Å². The van der Waals surface area contributed by atoms with Crippen LogP contribution in [0.25, 0.3) is 11.2 Å². The molecular weight excluding hydrogens is 344 g/mol. The Morgan fingerprint density at radius 1 is 1.54 bits per heavy atom. The van der Waals surface area contributed by atoms with Crippen molar-refractivity contribution >= 4 is 23.2 Å². The van der Waals surface area contributed by atoms with Crippen LogP contribution < -0.4 is 11.3 Å². The van der Waals surface area contributed by atoms with Gasteiger partial charge < -0.3 is 19.9 Å². The molecule has 1 aliphatic heterocycles. The molecule has 3 rings (SSSR count). The van der Waals surface area contributed by atoms with Gasteiger partial charge in [-0.15, -0.1) is 0 Å². The van der Waals surface area contributed by atoms with E-state index in [9.17, 15) is 9.59 Å². The highest BCUT2D eigenvalue weighted by Crippen LogP contribution is 2.25. The number of imidazole rings is 1. The van der Waals surface area contributed by atoms with Crippen LogP contribution >= 0.6 is 0 Å². The van der Waals surface area contributed by atoms with E-state index in [1.165, 1.54) is 18.3 Å². The van der Waals surface area contributed by atoms with Crippen molar-refractivity contribution in [2.24, 2.45) is 0 Å². The molecule has 0 spiro atoms. The van der Waals surface area contributed by atoms with E-state index in [2.05, 4.69) is 15.0 Å². The van der Waals surface area contributed by atoms with Gasteiger partial charge in [0.25, 0.3) is 5.56 Å². The maximum Gasteiger partial charge on any atom is 0.411 e. The lowest BCUT2D eigenvalue weighted by atomic mass is 10.2. The number of methoxy groups -OCH3 is 1. The first-order valence-electron chi connectivity index (χ1n) is 8.20. The Labute approximate surface area is 149 Å². The van der Waals surface area contributed by atoms with Crippen LogP contribution in [0.3, 0.4) is 0 Å². The molecule has 1 amide bonds. The fourth-order valence-electron chi connectivity index (χ4n) is 2.81. The first-order valence-corrected chi connectivity index (χ1v) is 8.20. The van der Waals surface area contributed by atoms with Gasteiger partial charge in [-0.25, -0.2) is 9.78 Å². The van der Waals surface area contributed by atoms with Crippen molar-refractivity contribution in [1.29, 1.82) is 0 Å². The quantitative estimate of drug-likeness (QED) is 0.777. The Kier molecular flexibility index (Phi) is 5.09. The Bertz CT molecular complexity index is 847. The second-order valence-electron chi connectivity index (χ2n) is 6.22. The predicted octanol–water partition coefficient (Wildman–Crippen LogP) is 0.0926. The van der Waals surface area contributed by atoms with Gasteiger partial charge in [-0.3, -0.25) is 19.2 Å². The summed E-state index contributed by atoms with van der Waals surface area (Å²) in [5.41, 5.74) is 5.59. The summed E-state index contributed by atoms with van der Waals surface area (Å²) >= 11 is 0. The van der Waals surface area contributed by atoms with Gasteiger partial charge >= 0.3 is 6.09 Å². The number of nitrogens with two attached hydrogens (primary N) is 1. The molecule has 2 aromatic heterocycles. The molecule has 0 bridgehead atoms. The number of carbonyl (C=O) groups excluding carboxylic acids is 1. The molecule has 11 nitrogen and oxygen atoms in total. The van der Waals surface area contributed by atoms with Crippen molar-refractivity contribution in [3.8, 4) is 0 Å². The molecule has 3 N–H and O–H groups in total. The van der Waals surface area contributed by atoms with Gasteiger partial charge in [-0.05, 0) is 13.8 Å². The molecule has 2 atom stereocenters. The number of anilines is 1. The Morgan fingerprint density at radius 3 is 3.00 bits per heavy atom. The molecule has 0 aromatic carbocycles. The van der Waals surface area contributed by atoms with Crippen LogP contribution in [-0.4, -0.2) is 69.6 Å². The molecule has 3 heterocycles. The predicted molar refractivity (Wildman–Crippen MR) is 91.5 cm³/mol. The molecule has 1 aliphatic rings. The van der Waals surface area contributed by atoms with Crippen LogP contribution in [0.2, 0.25) is 0 Å². The first kappa shape index (κ1) is 18.1. The molecule has 1 saturated heterocycles. The molecule has 142 valence electrons. The Hall–Kier alpha value is -2.66. The molecule has 1 unspecified atom stereocenters. The number of fused-ring (bicyclic) bond motifs is 1. The van der Waals surface area contributed by atoms with Crippen molar-refractivity contribution < 1.29 is 19.0 Å². The average molecular weight is 366 g/mol. The maximum atomic E-state index is 12.3. The summed E-state index contributed by atoms with van der Waals surface area (Å²) in [6, 6.07) is 0. The minimum Gasteiger partial charge on any atom is -0.453 e. The number of hydrogen-bond acceptors (Lipinski definition) is 8. The van der Waals surface area contributed by atoms with Gasteiger partial charge in [0.1, 0.15) is 6.17 Å². The van der Waals surface area contributed by atoms with Crippen molar-refractivity contribution in [2.75, 3.05) is 32.6 Å². The van der Waals surface area contributed by atoms with Crippen LogP contribution in [0.1, 0.15) is 20.0 Å². The molecule has 1 fully saturated rings. The van der Waals surface area contributed by atoms with E-state index >= 15 is 0 Å². The minimum absolute atomic E-state index is 0.0335. The van der Waals surface area contributed by atoms with E-state index in [0.717, 1.165) is 0 Å². The van der Waals surface area contributed by atoms with Crippen LogP contribution in [-0.2, 0) is 14.2 Å². The number of ether oxygens (including phenoxy) is 3. The minimum atomic E-state index is -0.573. The SMILES string of the molecule is COC(=O)N1C[C@@H](COC(C)C)OCC1n1cnc2c(=O)[nH]c(N)nc21. The third-order valence-corrected chi connectivity index (χ3v) is 4.04. The number of nitrogen functional groups attached to an aromatic ring is 1. The largest absolute Gasteiger partial charge is 0.453 e. The van der Waals surface area contributed by atoms with E-state index < -0.39 is 17.8 Å². The highest BCUT2D eigenvalue weighted by atomic mass is 16.6. The summed E-state index contributed by atoms with van der Waals surface area (Å²) in [5.74, 6) is -0.0335. The lowest BCUT2D eigenvalue weighted by Gasteiger charge is -2.39. The average Bonchev–Trinajstić information content (AvgIpc) is 3.03. The summed E-state index contributed by atoms with van der Waals surface area (Å²) in [5, 5.41) is 0. The van der Waals surface area contributed by atoms with Crippen molar-refractivity contribution in [3.05, 3.63) is 16.7 Å². The zero-order valence-corrected chi connectivity index (χ0v) is 14.8. The standard InChI is InChI=1S/C15H22N6O5/c1-8(2)25-5-9-4-20(15(23)24-3)10(6-26-9)21-7-17-11-12(21)18-14(16)19-13(11)22/h7-10H,4-6H2,1-3H3,(H3,16,18,19,22)/t9-,10?/m0/s1. The second-order valence-corrected chi connectivity index (χ2v) is 6.22. The number of aromatic amines is 1. The number of H-pyrrole nitrogens is 1. The van der Waals surface area contributed by atoms with Gasteiger partial charge in [0, 0.05) is 0 Å². The summed E-state index contributed by atoms with van der Waals surface area (Å²) in [7, 11) is 1.31. The van der Waals surface area contributed by atoms with Gasteiger partial charge in [0.15, 0.2) is 11.2 Å². The van der Waals surface area contributed by atoms with Crippen LogP contribution in [0, 0.1) is 0 Å². The lowest BCUT2D eigenvalue weighted by molar-refractivity contribution is -0.110. The molecular formula is C15H22N6O5. The van der Waals surface area contributed by atoms with E-state index in [-0.39, 0.29) is 42.5 Å². The van der Waals surface area contributed by atoms with Gasteiger partial charge in [0.05, 0.1) is 45.4 Å². The Balaban J connectivity index is 1.91. The van der Waals surface area contributed by atoms with E-state index in [4.69, 9.17) is 19.9 Å². The molecule has 0 saturated carbocycles. The van der Waals surface area contributed by atoms with E-state index in [0.29, 0.717) is 6.61 Å². The second kappa shape index (κ2) is 7.30. The molecule has 0 radical (unpaired) electrons. The smallest absolute Gasteiger partial charge is 0.411 e. The summed E-state index contributed by atoms with van der Waals surface area (Å²) < 4.78 is 17.9. The summed E-state index contributed by atoms with van der Waals surface area (Å²) in [6.45, 7) is 4.64. The van der Waals surface area contributed by atoms with Crippen molar-refractivity contribution in [2.45, 2.75) is 32.2 Å². The topological polar surface area (TPSA) is 138 Å². The molecule has 26 heavy (non-hydrogen) atoms. The van der Waals surface area contributed by atoms with Crippen LogP contribution in [0.5, 0.6) is 0 Å². The zero-order chi connectivity index (χ0) is 18.8. The first-order chi connectivity index (χ1) is 12.4. The third-order valence-electron chi connectivity index (χ3n) is 4.04. The van der Waals surface area contributed by atoms with E-state index in [1.807, 2.05) is 13.8 Å². The van der Waals surface area contributed by atoms with Crippen molar-refractivity contribution in [3.63, 3.8) is 0 Å². The number of morpholine rings is 1. The highest BCUT2D eigenvalue weighted by Gasteiger charge is 2.35. The monoisotopic (exact) mass is 366 g/mol. The van der Waals surface area contributed by atoms with Gasteiger partial charge in [-0.2, -0.15) is 4.98 Å². The number of rotatable bonds is 4. The number of nitrogens with zero attached hydrogens (tertiary/aromatic N) is 4. The van der Waals surface area contributed by atoms with Crippen LogP contribution in [0.4, 0.5) is 10.7 Å². The summed E-state index contributed by atoms with van der Waals surface area (Å²) in [4.78, 5) is 36.3. The molecule has 11 heteroatoms. The zero-order valence-electron chi connectivity index (χ0n) is 14.8. The Morgan fingerprint density at radius 2 is 2.31 bits per heavy atom. The number of carbonyl (C=O) groups is 1. The van der Waals surface area contributed by atoms with Crippen LogP contribution in [0.15, 0.2) is 11.1 Å². The van der Waals surface area contributed by atoms with Crippen molar-refractivity contribution in [1.82, 2.24) is 24.4 Å². The normalized spacial score (nSPS) is 20.7. The van der Waals surface area contributed by atoms with Gasteiger partial charge in [0.2, 0.25) is 5.95 Å². The molecule has 0 aliphatic carbocycles. The fourth-order valence-corrected chi connectivity index (χ4v) is 2.81. The number of nitrogens with one attached hydrogen (secondary N) is 1. The van der Waals surface area contributed by atoms with E-state index in [1.54, 1.807) is 4.57 Å². The third kappa shape index (κ3) is 3.48. The fraction of sp³-hybridized carbons (Fsp3) is 0.600. The highest BCUT2D eigenvalue weighted by molar-refractivity contribution is 5.72. The maximum absolute atomic E-state index is 12.3. The summed E-state index contributed by atoms with van der Waals surface area (Å²) in [6.07, 6.45) is 0.105.